The third kappa shape index (κ3) is 4.40. The summed E-state index contributed by atoms with van der Waals surface area (Å²) in [6.07, 6.45) is 0.872. The maximum absolute atomic E-state index is 12.0. The number of ether oxygens (including phenoxy) is 1. The summed E-state index contributed by atoms with van der Waals surface area (Å²) in [5, 5.41) is 0.827. The molecule has 0 unspecified atom stereocenters. The predicted molar refractivity (Wildman–Crippen MR) is 75.7 cm³/mol. The van der Waals surface area contributed by atoms with Crippen LogP contribution in [0.3, 0.4) is 0 Å². The minimum absolute atomic E-state index is 0.154. The maximum Gasteiger partial charge on any atom is 0.305 e. The van der Waals surface area contributed by atoms with Crippen molar-refractivity contribution in [2.24, 2.45) is 0 Å². The molecule has 1 aromatic rings. The van der Waals surface area contributed by atoms with Crippen LogP contribution in [0.15, 0.2) is 18.2 Å². The molecule has 0 aliphatic heterocycles. The highest BCUT2D eigenvalue weighted by atomic mass is 35.5. The molecule has 1 aromatic carbocycles. The number of rotatable bonds is 5. The van der Waals surface area contributed by atoms with Crippen LogP contribution >= 0.6 is 23.2 Å². The van der Waals surface area contributed by atoms with E-state index in [2.05, 4.69) is 4.74 Å². The van der Waals surface area contributed by atoms with Crippen LogP contribution in [0.1, 0.15) is 19.3 Å². The molecule has 0 aliphatic carbocycles. The molecule has 104 valence electrons. The second-order valence-corrected chi connectivity index (χ2v) is 4.77. The summed E-state index contributed by atoms with van der Waals surface area (Å²) < 4.78 is 4.51. The second kappa shape index (κ2) is 7.36. The van der Waals surface area contributed by atoms with Gasteiger partial charge in [0.2, 0.25) is 5.91 Å². The predicted octanol–water partition coefficient (Wildman–Crippen LogP) is 3.30. The Labute approximate surface area is 122 Å². The molecule has 1 amide bonds. The van der Waals surface area contributed by atoms with Crippen molar-refractivity contribution in [2.45, 2.75) is 19.3 Å². The number of anilines is 1. The number of carbonyl (C=O) groups excluding carboxylic acids is 2. The van der Waals surface area contributed by atoms with Crippen molar-refractivity contribution in [1.29, 1.82) is 0 Å². The first-order chi connectivity index (χ1) is 8.97. The van der Waals surface area contributed by atoms with E-state index >= 15 is 0 Å². The summed E-state index contributed by atoms with van der Waals surface area (Å²) in [7, 11) is 2.92. The first kappa shape index (κ1) is 15.8. The number of benzene rings is 1. The highest BCUT2D eigenvalue weighted by Gasteiger charge is 2.17. The topological polar surface area (TPSA) is 46.6 Å². The fraction of sp³-hybridized carbons (Fsp3) is 0.385. The number of hydrogen-bond acceptors (Lipinski definition) is 3. The first-order valence-electron chi connectivity index (χ1n) is 5.74. The van der Waals surface area contributed by atoms with E-state index in [0.717, 1.165) is 0 Å². The Morgan fingerprint density at radius 2 is 1.79 bits per heavy atom. The SMILES string of the molecule is COC(=O)CCCC(=O)N(C)c1c(Cl)cccc1Cl. The standard InChI is InChI=1S/C13H15Cl2NO3/c1-16(11(17)7-4-8-12(18)19-2)13-9(14)5-3-6-10(13)15/h3,5-6H,4,7-8H2,1-2H3. The van der Waals surface area contributed by atoms with E-state index in [9.17, 15) is 9.59 Å². The molecule has 0 radical (unpaired) electrons. The molecule has 1 rings (SSSR count). The van der Waals surface area contributed by atoms with E-state index in [0.29, 0.717) is 22.2 Å². The molecule has 0 atom stereocenters. The Balaban J connectivity index is 2.64. The van der Waals surface area contributed by atoms with Gasteiger partial charge in [-0.15, -0.1) is 0 Å². The van der Waals surface area contributed by atoms with Crippen LogP contribution in [-0.2, 0) is 14.3 Å². The van der Waals surface area contributed by atoms with Crippen molar-refractivity contribution in [1.82, 2.24) is 0 Å². The molecule has 6 heteroatoms. The van der Waals surface area contributed by atoms with Crippen molar-refractivity contribution >= 4 is 40.8 Å². The molecule has 0 aromatic heterocycles. The molecule has 0 saturated heterocycles. The van der Waals surface area contributed by atoms with Gasteiger partial charge in [0.15, 0.2) is 0 Å². The summed E-state index contributed by atoms with van der Waals surface area (Å²) in [5.41, 5.74) is 0.480. The van der Waals surface area contributed by atoms with Gasteiger partial charge in [-0.1, -0.05) is 29.3 Å². The molecular weight excluding hydrogens is 289 g/mol. The van der Waals surface area contributed by atoms with Crippen LogP contribution in [0.4, 0.5) is 5.69 Å². The van der Waals surface area contributed by atoms with Crippen LogP contribution in [0, 0.1) is 0 Å². The largest absolute Gasteiger partial charge is 0.469 e. The lowest BCUT2D eigenvalue weighted by atomic mass is 10.2. The molecule has 0 spiro atoms. The molecule has 0 heterocycles. The van der Waals surface area contributed by atoms with Crippen molar-refractivity contribution in [2.75, 3.05) is 19.1 Å². The third-order valence-electron chi connectivity index (χ3n) is 2.65. The van der Waals surface area contributed by atoms with Crippen LogP contribution in [0.25, 0.3) is 0 Å². The van der Waals surface area contributed by atoms with Crippen molar-refractivity contribution in [3.63, 3.8) is 0 Å². The van der Waals surface area contributed by atoms with Crippen molar-refractivity contribution < 1.29 is 14.3 Å². The number of methoxy groups -OCH3 is 1. The summed E-state index contributed by atoms with van der Waals surface area (Å²) in [6, 6.07) is 5.05. The van der Waals surface area contributed by atoms with Crippen LogP contribution in [-0.4, -0.2) is 26.0 Å². The highest BCUT2D eigenvalue weighted by molar-refractivity contribution is 6.39. The molecule has 0 saturated carbocycles. The normalized spacial score (nSPS) is 10.1. The fourth-order valence-corrected chi connectivity index (χ4v) is 2.24. The third-order valence-corrected chi connectivity index (χ3v) is 3.26. The lowest BCUT2D eigenvalue weighted by Gasteiger charge is -2.19. The summed E-state index contributed by atoms with van der Waals surface area (Å²) in [6.45, 7) is 0. The fourth-order valence-electron chi connectivity index (χ4n) is 1.59. The van der Waals surface area contributed by atoms with E-state index in [1.165, 1.54) is 12.0 Å². The van der Waals surface area contributed by atoms with Gasteiger partial charge in [-0.2, -0.15) is 0 Å². The quantitative estimate of drug-likeness (QED) is 0.784. The average molecular weight is 304 g/mol. The Morgan fingerprint density at radius 3 is 2.32 bits per heavy atom. The molecule has 19 heavy (non-hydrogen) atoms. The number of amides is 1. The molecule has 0 bridgehead atoms. The Kier molecular flexibility index (Phi) is 6.12. The van der Waals surface area contributed by atoms with Gasteiger partial charge in [0.05, 0.1) is 22.8 Å². The van der Waals surface area contributed by atoms with Crippen molar-refractivity contribution in [3.05, 3.63) is 28.2 Å². The van der Waals surface area contributed by atoms with Crippen LogP contribution < -0.4 is 4.90 Å². The first-order valence-corrected chi connectivity index (χ1v) is 6.50. The summed E-state index contributed by atoms with van der Waals surface area (Å²) >= 11 is 12.0. The lowest BCUT2D eigenvalue weighted by Crippen LogP contribution is -2.26. The minimum Gasteiger partial charge on any atom is -0.469 e. The van der Waals surface area contributed by atoms with Gasteiger partial charge in [-0.25, -0.2) is 0 Å². The smallest absolute Gasteiger partial charge is 0.305 e. The van der Waals surface area contributed by atoms with E-state index in [4.69, 9.17) is 23.2 Å². The van der Waals surface area contributed by atoms with Crippen LogP contribution in [0.5, 0.6) is 0 Å². The summed E-state index contributed by atoms with van der Waals surface area (Å²) in [4.78, 5) is 24.3. The van der Waals surface area contributed by atoms with Gasteiger partial charge in [0, 0.05) is 19.9 Å². The second-order valence-electron chi connectivity index (χ2n) is 3.95. The zero-order chi connectivity index (χ0) is 14.4. The molecular formula is C13H15Cl2NO3. The van der Waals surface area contributed by atoms with Gasteiger partial charge in [-0.05, 0) is 18.6 Å². The van der Waals surface area contributed by atoms with Gasteiger partial charge < -0.3 is 9.64 Å². The summed E-state index contributed by atoms with van der Waals surface area (Å²) in [5.74, 6) is -0.481. The monoisotopic (exact) mass is 303 g/mol. The number of esters is 1. The molecule has 4 nitrogen and oxygen atoms in total. The maximum atomic E-state index is 12.0. The van der Waals surface area contributed by atoms with E-state index in [1.807, 2.05) is 0 Å². The van der Waals surface area contributed by atoms with Gasteiger partial charge in [0.25, 0.3) is 0 Å². The molecule has 0 N–H and O–H groups in total. The zero-order valence-corrected chi connectivity index (χ0v) is 12.3. The number of halogens is 2. The lowest BCUT2D eigenvalue weighted by molar-refractivity contribution is -0.140. The van der Waals surface area contributed by atoms with Crippen LogP contribution in [0.2, 0.25) is 10.0 Å². The Hall–Kier alpha value is -1.26. The average Bonchev–Trinajstić information content (AvgIpc) is 2.37. The van der Waals surface area contributed by atoms with Gasteiger partial charge in [0.1, 0.15) is 0 Å². The van der Waals surface area contributed by atoms with E-state index < -0.39 is 0 Å². The molecule has 0 aliphatic rings. The number of carbonyl (C=O) groups is 2. The van der Waals surface area contributed by atoms with Gasteiger partial charge in [-0.3, -0.25) is 9.59 Å². The number of hydrogen-bond donors (Lipinski definition) is 0. The number of para-hydroxylation sites is 1. The highest BCUT2D eigenvalue weighted by Crippen LogP contribution is 2.33. The number of nitrogens with zero attached hydrogens (tertiary/aromatic N) is 1. The molecule has 0 fully saturated rings. The van der Waals surface area contributed by atoms with Gasteiger partial charge >= 0.3 is 5.97 Å². The minimum atomic E-state index is -0.328. The van der Waals surface area contributed by atoms with E-state index in [-0.39, 0.29) is 24.7 Å². The zero-order valence-electron chi connectivity index (χ0n) is 10.8. The van der Waals surface area contributed by atoms with Crippen molar-refractivity contribution in [3.8, 4) is 0 Å². The Bertz CT molecular complexity index is 457. The Morgan fingerprint density at radius 1 is 1.21 bits per heavy atom. The van der Waals surface area contributed by atoms with E-state index in [1.54, 1.807) is 25.2 Å².